The topological polar surface area (TPSA) is 13.1 Å². The molecule has 0 bridgehead atoms. The number of hydrogen-bond donors (Lipinski definition) is 0. The van der Waals surface area contributed by atoms with Crippen molar-refractivity contribution < 1.29 is 4.42 Å². The maximum Gasteiger partial charge on any atom is 0.136 e. The van der Waals surface area contributed by atoms with Crippen LogP contribution in [0.1, 0.15) is 0 Å². The van der Waals surface area contributed by atoms with E-state index in [-0.39, 0.29) is 0 Å². The molecule has 0 atom stereocenters. The van der Waals surface area contributed by atoms with Gasteiger partial charge in [-0.1, -0.05) is 88.7 Å². The molecule has 0 spiro atoms. The second kappa shape index (κ2) is 6.69. The zero-order valence-electron chi connectivity index (χ0n) is 17.1. The molecule has 1 nitrogen and oxygen atoms in total. The van der Waals surface area contributed by atoms with Gasteiger partial charge < -0.3 is 4.42 Å². The van der Waals surface area contributed by atoms with Crippen molar-refractivity contribution in [1.82, 2.24) is 0 Å². The average molecular weight is 473 g/mol. The maximum absolute atomic E-state index is 6.05. The largest absolute Gasteiger partial charge is 0.456 e. The van der Waals surface area contributed by atoms with Gasteiger partial charge in [0, 0.05) is 15.2 Å². The van der Waals surface area contributed by atoms with Crippen molar-refractivity contribution in [3.05, 3.63) is 108 Å². The Morgan fingerprint density at radius 3 is 2.09 bits per heavy atom. The van der Waals surface area contributed by atoms with Gasteiger partial charge in [0.05, 0.1) is 0 Å². The van der Waals surface area contributed by atoms with Crippen molar-refractivity contribution in [1.29, 1.82) is 0 Å². The van der Waals surface area contributed by atoms with Crippen LogP contribution in [0.25, 0.3) is 65.4 Å². The fraction of sp³-hybridized carbons (Fsp3) is 0. The minimum atomic E-state index is 0.906. The van der Waals surface area contributed by atoms with E-state index in [4.69, 9.17) is 4.42 Å². The van der Waals surface area contributed by atoms with Crippen LogP contribution in [0.2, 0.25) is 0 Å². The molecule has 0 amide bonds. The lowest BCUT2D eigenvalue weighted by atomic mass is 9.94. The molecule has 1 aromatic heterocycles. The Bertz CT molecular complexity index is 1840. The lowest BCUT2D eigenvalue weighted by molar-refractivity contribution is 0.669. The van der Waals surface area contributed by atoms with E-state index in [0.29, 0.717) is 0 Å². The zero-order chi connectivity index (χ0) is 21.2. The number of hydrogen-bond acceptors (Lipinski definition) is 1. The average Bonchev–Trinajstić information content (AvgIpc) is 3.22. The van der Waals surface area contributed by atoms with E-state index in [9.17, 15) is 0 Å². The van der Waals surface area contributed by atoms with Crippen LogP contribution in [-0.4, -0.2) is 0 Å². The highest BCUT2D eigenvalue weighted by Gasteiger charge is 2.12. The van der Waals surface area contributed by atoms with Crippen LogP contribution in [0.5, 0.6) is 0 Å². The molecular weight excluding hydrogens is 456 g/mol. The first-order valence-corrected chi connectivity index (χ1v) is 11.5. The monoisotopic (exact) mass is 472 g/mol. The Morgan fingerprint density at radius 1 is 0.469 bits per heavy atom. The highest BCUT2D eigenvalue weighted by Crippen LogP contribution is 2.38. The molecule has 6 aromatic carbocycles. The van der Waals surface area contributed by atoms with E-state index in [1.165, 1.54) is 43.4 Å². The SMILES string of the molecule is Brc1cccc2oc3ccc(-c4ccc5c(ccc6c7ccccc7ccc56)c4)cc3c12. The van der Waals surface area contributed by atoms with Gasteiger partial charge in [-0.2, -0.15) is 0 Å². The Morgan fingerprint density at radius 2 is 1.19 bits per heavy atom. The van der Waals surface area contributed by atoms with E-state index >= 15 is 0 Å². The van der Waals surface area contributed by atoms with E-state index in [2.05, 4.69) is 107 Å². The van der Waals surface area contributed by atoms with Gasteiger partial charge in [0.2, 0.25) is 0 Å². The first-order chi connectivity index (χ1) is 15.8. The summed E-state index contributed by atoms with van der Waals surface area (Å²) < 4.78 is 7.11. The lowest BCUT2D eigenvalue weighted by Crippen LogP contribution is -1.83. The molecule has 0 aliphatic heterocycles. The molecule has 0 radical (unpaired) electrons. The van der Waals surface area contributed by atoms with Gasteiger partial charge in [0.15, 0.2) is 0 Å². The molecule has 0 saturated carbocycles. The van der Waals surface area contributed by atoms with Gasteiger partial charge >= 0.3 is 0 Å². The van der Waals surface area contributed by atoms with Gasteiger partial charge in [-0.25, -0.2) is 0 Å². The molecule has 0 N–H and O–H groups in total. The van der Waals surface area contributed by atoms with E-state index in [1.807, 2.05) is 12.1 Å². The van der Waals surface area contributed by atoms with Crippen molar-refractivity contribution in [3.63, 3.8) is 0 Å². The predicted octanol–water partition coefficient (Wildman–Crippen LogP) is 9.48. The molecular formula is C30H17BrO. The Balaban J connectivity index is 1.44. The van der Waals surface area contributed by atoms with Crippen molar-refractivity contribution >= 4 is 70.2 Å². The molecule has 0 saturated heterocycles. The quantitative estimate of drug-likeness (QED) is 0.217. The van der Waals surface area contributed by atoms with Crippen LogP contribution in [0.15, 0.2) is 112 Å². The predicted molar refractivity (Wildman–Crippen MR) is 139 cm³/mol. The summed E-state index contributed by atoms with van der Waals surface area (Å²) in [4.78, 5) is 0. The number of rotatable bonds is 1. The van der Waals surface area contributed by atoms with Crippen LogP contribution in [0, 0.1) is 0 Å². The smallest absolute Gasteiger partial charge is 0.136 e. The molecule has 32 heavy (non-hydrogen) atoms. The Hall–Kier alpha value is -3.62. The fourth-order valence-electron chi connectivity index (χ4n) is 4.97. The zero-order valence-corrected chi connectivity index (χ0v) is 18.7. The summed E-state index contributed by atoms with van der Waals surface area (Å²) in [5.74, 6) is 0. The van der Waals surface area contributed by atoms with Crippen LogP contribution < -0.4 is 0 Å². The minimum absolute atomic E-state index is 0.906. The summed E-state index contributed by atoms with van der Waals surface area (Å²) in [5, 5.41) is 9.99. The number of fused-ring (bicyclic) bond motifs is 8. The number of halogens is 1. The van der Waals surface area contributed by atoms with Gasteiger partial charge in [0.1, 0.15) is 11.2 Å². The summed E-state index contributed by atoms with van der Waals surface area (Å²) in [6.45, 7) is 0. The molecule has 1 heterocycles. The maximum atomic E-state index is 6.05. The lowest BCUT2D eigenvalue weighted by Gasteiger charge is -2.09. The number of benzene rings is 6. The third-order valence-corrected chi connectivity index (χ3v) is 7.18. The van der Waals surface area contributed by atoms with Crippen LogP contribution in [0.4, 0.5) is 0 Å². The van der Waals surface area contributed by atoms with Gasteiger partial charge in [0.25, 0.3) is 0 Å². The molecule has 0 aliphatic carbocycles. The molecule has 7 aromatic rings. The molecule has 0 aliphatic rings. The van der Waals surface area contributed by atoms with Crippen LogP contribution in [0.3, 0.4) is 0 Å². The Kier molecular flexibility index (Phi) is 3.76. The third kappa shape index (κ3) is 2.57. The second-order valence-corrected chi connectivity index (χ2v) is 9.16. The first-order valence-electron chi connectivity index (χ1n) is 10.7. The van der Waals surface area contributed by atoms with Gasteiger partial charge in [-0.15, -0.1) is 0 Å². The van der Waals surface area contributed by atoms with Crippen molar-refractivity contribution in [2.24, 2.45) is 0 Å². The fourth-order valence-corrected chi connectivity index (χ4v) is 5.53. The van der Waals surface area contributed by atoms with Gasteiger partial charge in [-0.3, -0.25) is 0 Å². The normalized spacial score (nSPS) is 11.9. The van der Waals surface area contributed by atoms with E-state index in [1.54, 1.807) is 0 Å². The van der Waals surface area contributed by atoms with Crippen molar-refractivity contribution in [2.75, 3.05) is 0 Å². The minimum Gasteiger partial charge on any atom is -0.456 e. The van der Waals surface area contributed by atoms with Crippen LogP contribution in [-0.2, 0) is 0 Å². The molecule has 0 fully saturated rings. The van der Waals surface area contributed by atoms with Crippen molar-refractivity contribution in [2.45, 2.75) is 0 Å². The summed E-state index contributed by atoms with van der Waals surface area (Å²) in [6.07, 6.45) is 0. The summed E-state index contributed by atoms with van der Waals surface area (Å²) >= 11 is 3.69. The third-order valence-electron chi connectivity index (χ3n) is 6.52. The first kappa shape index (κ1) is 18.0. The van der Waals surface area contributed by atoms with E-state index in [0.717, 1.165) is 26.4 Å². The summed E-state index contributed by atoms with van der Waals surface area (Å²) in [7, 11) is 0. The molecule has 7 rings (SSSR count). The highest BCUT2D eigenvalue weighted by molar-refractivity contribution is 9.10. The Labute approximate surface area is 193 Å². The highest BCUT2D eigenvalue weighted by atomic mass is 79.9. The second-order valence-electron chi connectivity index (χ2n) is 8.31. The molecule has 0 unspecified atom stereocenters. The van der Waals surface area contributed by atoms with Crippen LogP contribution >= 0.6 is 15.9 Å². The van der Waals surface area contributed by atoms with Crippen molar-refractivity contribution in [3.8, 4) is 11.1 Å². The molecule has 150 valence electrons. The summed E-state index contributed by atoms with van der Waals surface area (Å²) in [6, 6.07) is 36.9. The number of furan rings is 1. The van der Waals surface area contributed by atoms with Gasteiger partial charge in [-0.05, 0) is 73.8 Å². The van der Waals surface area contributed by atoms with E-state index < -0.39 is 0 Å². The summed E-state index contributed by atoms with van der Waals surface area (Å²) in [5.41, 5.74) is 4.22. The molecule has 2 heteroatoms. The standard InChI is InChI=1S/C30H17BrO/c31-27-6-3-7-29-30(27)26-17-20(11-15-28(26)32-29)19-9-12-23-21(16-19)10-14-24-22-5-2-1-4-18(22)8-13-25(23)24/h1-17H.